The molecule has 1 N–H and O–H groups in total. The monoisotopic (exact) mass is 299 g/mol. The predicted octanol–water partition coefficient (Wildman–Crippen LogP) is 3.13. The van der Waals surface area contributed by atoms with Gasteiger partial charge in [-0.1, -0.05) is 18.2 Å². The van der Waals surface area contributed by atoms with Gasteiger partial charge >= 0.3 is 5.97 Å². The zero-order valence-electron chi connectivity index (χ0n) is 12.4. The molecule has 0 aliphatic carbocycles. The number of hydrogen-bond acceptors (Lipinski definition) is 5. The van der Waals surface area contributed by atoms with Crippen LogP contribution in [0.25, 0.3) is 0 Å². The summed E-state index contributed by atoms with van der Waals surface area (Å²) in [5, 5.41) is 9.55. The van der Waals surface area contributed by atoms with E-state index in [9.17, 15) is 9.90 Å². The van der Waals surface area contributed by atoms with Crippen molar-refractivity contribution in [1.82, 2.24) is 0 Å². The third-order valence-electron chi connectivity index (χ3n) is 3.11. The Bertz CT molecular complexity index is 695. The van der Waals surface area contributed by atoms with Gasteiger partial charge in [-0.2, -0.15) is 0 Å². The predicted molar refractivity (Wildman–Crippen MR) is 84.3 cm³/mol. The topological polar surface area (TPSA) is 68.1 Å². The Morgan fingerprint density at radius 1 is 1.23 bits per heavy atom. The van der Waals surface area contributed by atoms with Crippen LogP contribution in [0.3, 0.4) is 0 Å². The fraction of sp³-hybridized carbons (Fsp3) is 0.176. The molecule has 2 aromatic rings. The van der Waals surface area contributed by atoms with E-state index in [4.69, 9.17) is 9.47 Å². The highest BCUT2D eigenvalue weighted by molar-refractivity contribution is 5.95. The second kappa shape index (κ2) is 7.26. The molecule has 5 heteroatoms. The van der Waals surface area contributed by atoms with Crippen molar-refractivity contribution in [2.24, 2.45) is 4.99 Å². The van der Waals surface area contributed by atoms with E-state index in [2.05, 4.69) is 4.99 Å². The highest BCUT2D eigenvalue weighted by Crippen LogP contribution is 2.26. The third kappa shape index (κ3) is 3.63. The molecule has 0 amide bonds. The number of para-hydroxylation sites is 1. The standard InChI is InChI=1S/C17H17NO4/c1-21-16-11-12(7-8-15(16)19)9-10-18-14-6-4-3-5-13(14)17(20)22-2/h3-8,10-11,19H,9H2,1-2H3. The lowest BCUT2D eigenvalue weighted by Gasteiger charge is -2.05. The number of phenols is 1. The Balaban J connectivity index is 2.15. The molecular formula is C17H17NO4. The minimum atomic E-state index is -0.418. The van der Waals surface area contributed by atoms with Crippen molar-refractivity contribution in [3.8, 4) is 11.5 Å². The zero-order chi connectivity index (χ0) is 15.9. The molecule has 0 atom stereocenters. The lowest BCUT2D eigenvalue weighted by Crippen LogP contribution is -2.01. The van der Waals surface area contributed by atoms with E-state index in [1.54, 1.807) is 42.6 Å². The Hall–Kier alpha value is -2.82. The first-order valence-corrected chi connectivity index (χ1v) is 6.71. The van der Waals surface area contributed by atoms with E-state index in [0.29, 0.717) is 23.4 Å². The van der Waals surface area contributed by atoms with Crippen LogP contribution in [0, 0.1) is 0 Å². The number of aliphatic imine (C=N–C) groups is 1. The van der Waals surface area contributed by atoms with Crippen molar-refractivity contribution < 1.29 is 19.4 Å². The van der Waals surface area contributed by atoms with Crippen molar-refractivity contribution in [3.05, 3.63) is 53.6 Å². The number of esters is 1. The van der Waals surface area contributed by atoms with Crippen molar-refractivity contribution in [2.45, 2.75) is 6.42 Å². The van der Waals surface area contributed by atoms with Crippen LogP contribution in [0.15, 0.2) is 47.5 Å². The van der Waals surface area contributed by atoms with Crippen LogP contribution in [0.1, 0.15) is 15.9 Å². The normalized spacial score (nSPS) is 10.6. The first-order valence-electron chi connectivity index (χ1n) is 6.71. The minimum absolute atomic E-state index is 0.0965. The fourth-order valence-electron chi connectivity index (χ4n) is 1.97. The lowest BCUT2D eigenvalue weighted by molar-refractivity contribution is 0.0601. The van der Waals surface area contributed by atoms with Gasteiger partial charge < -0.3 is 14.6 Å². The highest BCUT2D eigenvalue weighted by Gasteiger charge is 2.09. The molecule has 0 saturated heterocycles. The van der Waals surface area contributed by atoms with E-state index < -0.39 is 5.97 Å². The highest BCUT2D eigenvalue weighted by atomic mass is 16.5. The Kier molecular flexibility index (Phi) is 5.14. The van der Waals surface area contributed by atoms with Crippen molar-refractivity contribution >= 4 is 17.9 Å². The first kappa shape index (κ1) is 15.6. The van der Waals surface area contributed by atoms with Crippen molar-refractivity contribution in [2.75, 3.05) is 14.2 Å². The number of nitrogens with zero attached hydrogens (tertiary/aromatic N) is 1. The summed E-state index contributed by atoms with van der Waals surface area (Å²) in [5.41, 5.74) is 1.92. The molecule has 0 fully saturated rings. The average Bonchev–Trinajstić information content (AvgIpc) is 2.56. The summed E-state index contributed by atoms with van der Waals surface area (Å²) in [7, 11) is 2.84. The van der Waals surface area contributed by atoms with E-state index in [0.717, 1.165) is 5.56 Å². The van der Waals surface area contributed by atoms with Crippen LogP contribution in [-0.2, 0) is 11.2 Å². The minimum Gasteiger partial charge on any atom is -0.504 e. The van der Waals surface area contributed by atoms with Crippen LogP contribution < -0.4 is 4.74 Å². The number of aromatic hydroxyl groups is 1. The number of phenolic OH excluding ortho intramolecular Hbond substituents is 1. The summed E-state index contributed by atoms with van der Waals surface area (Å²) >= 11 is 0. The number of benzene rings is 2. The zero-order valence-corrected chi connectivity index (χ0v) is 12.4. The SMILES string of the molecule is COC(=O)c1ccccc1N=CCc1ccc(O)c(OC)c1. The summed E-state index contributed by atoms with van der Waals surface area (Å²) in [6.07, 6.45) is 2.25. The molecule has 0 unspecified atom stereocenters. The van der Waals surface area contributed by atoms with Gasteiger partial charge in [-0.15, -0.1) is 0 Å². The molecule has 0 bridgehead atoms. The summed E-state index contributed by atoms with van der Waals surface area (Å²) in [6.45, 7) is 0. The molecule has 0 heterocycles. The van der Waals surface area contributed by atoms with Crippen LogP contribution >= 0.6 is 0 Å². The van der Waals surface area contributed by atoms with E-state index in [1.807, 2.05) is 6.07 Å². The van der Waals surface area contributed by atoms with E-state index in [1.165, 1.54) is 14.2 Å². The maximum Gasteiger partial charge on any atom is 0.340 e. The van der Waals surface area contributed by atoms with E-state index in [-0.39, 0.29) is 5.75 Å². The Morgan fingerprint density at radius 3 is 2.73 bits per heavy atom. The molecule has 22 heavy (non-hydrogen) atoms. The largest absolute Gasteiger partial charge is 0.504 e. The molecule has 0 aromatic heterocycles. The maximum atomic E-state index is 11.6. The molecule has 114 valence electrons. The summed E-state index contributed by atoms with van der Waals surface area (Å²) in [6, 6.07) is 12.1. The van der Waals surface area contributed by atoms with Crippen LogP contribution in [-0.4, -0.2) is 31.5 Å². The average molecular weight is 299 g/mol. The molecule has 5 nitrogen and oxygen atoms in total. The molecule has 0 spiro atoms. The van der Waals surface area contributed by atoms with Gasteiger partial charge in [-0.05, 0) is 29.8 Å². The van der Waals surface area contributed by atoms with Gasteiger partial charge in [-0.3, -0.25) is 4.99 Å². The molecule has 2 rings (SSSR count). The molecule has 0 radical (unpaired) electrons. The van der Waals surface area contributed by atoms with Gasteiger partial charge in [0.05, 0.1) is 25.5 Å². The van der Waals surface area contributed by atoms with Crippen LogP contribution in [0.4, 0.5) is 5.69 Å². The van der Waals surface area contributed by atoms with Gasteiger partial charge in [0.1, 0.15) is 0 Å². The number of ether oxygens (including phenoxy) is 2. The summed E-state index contributed by atoms with van der Waals surface area (Å²) in [4.78, 5) is 16.0. The third-order valence-corrected chi connectivity index (χ3v) is 3.11. The molecule has 0 saturated carbocycles. The molecule has 0 aliphatic heterocycles. The van der Waals surface area contributed by atoms with Crippen molar-refractivity contribution in [1.29, 1.82) is 0 Å². The van der Waals surface area contributed by atoms with Gasteiger partial charge in [0.25, 0.3) is 0 Å². The van der Waals surface area contributed by atoms with Crippen molar-refractivity contribution in [3.63, 3.8) is 0 Å². The second-order valence-corrected chi connectivity index (χ2v) is 4.53. The quantitative estimate of drug-likeness (QED) is 0.680. The maximum absolute atomic E-state index is 11.6. The summed E-state index contributed by atoms with van der Waals surface area (Å²) in [5.74, 6) is 0.0964. The van der Waals surface area contributed by atoms with Gasteiger partial charge in [0.2, 0.25) is 0 Å². The number of carbonyl (C=O) groups is 1. The van der Waals surface area contributed by atoms with Crippen LogP contribution in [0.2, 0.25) is 0 Å². The smallest absolute Gasteiger partial charge is 0.340 e. The Labute approximate surface area is 128 Å². The molecule has 2 aromatic carbocycles. The number of methoxy groups -OCH3 is 2. The molecule has 0 aliphatic rings. The first-order chi connectivity index (χ1) is 10.7. The molecular weight excluding hydrogens is 282 g/mol. The number of rotatable bonds is 5. The number of hydrogen-bond donors (Lipinski definition) is 1. The lowest BCUT2D eigenvalue weighted by atomic mass is 10.1. The second-order valence-electron chi connectivity index (χ2n) is 4.53. The van der Waals surface area contributed by atoms with Gasteiger partial charge in [0.15, 0.2) is 11.5 Å². The Morgan fingerprint density at radius 2 is 2.00 bits per heavy atom. The van der Waals surface area contributed by atoms with Gasteiger partial charge in [0, 0.05) is 12.6 Å². The number of carbonyl (C=O) groups excluding carboxylic acids is 1. The van der Waals surface area contributed by atoms with Crippen LogP contribution in [0.5, 0.6) is 11.5 Å². The van der Waals surface area contributed by atoms with Gasteiger partial charge in [-0.25, -0.2) is 4.79 Å². The fourth-order valence-corrected chi connectivity index (χ4v) is 1.97. The summed E-state index contributed by atoms with van der Waals surface area (Å²) < 4.78 is 9.79. The van der Waals surface area contributed by atoms with E-state index >= 15 is 0 Å².